The standard InChI is InChI=1S/C17H18N10O2/c1-8(23-17(28)13-12-16(21-6-20-13)27(3)7-22-12)11-4-9(26-29-11)15-24-10(5-18)14(19-2)25-15/h4-8,18-19H,1-3H3,(H,23,28)(H,24,25)/t8-/m1/s1. The number of amides is 1. The Hall–Kier alpha value is -4.09. The molecule has 0 aliphatic rings. The molecule has 0 fully saturated rings. The molecule has 0 aromatic carbocycles. The first-order chi connectivity index (χ1) is 14.0. The van der Waals surface area contributed by atoms with Crippen LogP contribution in [0.3, 0.4) is 0 Å². The fourth-order valence-electron chi connectivity index (χ4n) is 2.86. The summed E-state index contributed by atoms with van der Waals surface area (Å²) in [6.45, 7) is 1.77. The van der Waals surface area contributed by atoms with Gasteiger partial charge >= 0.3 is 0 Å². The highest BCUT2D eigenvalue weighted by Crippen LogP contribution is 2.23. The maximum absolute atomic E-state index is 12.7. The minimum absolute atomic E-state index is 0.183. The molecule has 29 heavy (non-hydrogen) atoms. The van der Waals surface area contributed by atoms with E-state index in [4.69, 9.17) is 9.93 Å². The Morgan fingerprint density at radius 3 is 2.93 bits per heavy atom. The van der Waals surface area contributed by atoms with Crippen LogP contribution in [0.4, 0.5) is 5.82 Å². The second kappa shape index (κ2) is 7.14. The van der Waals surface area contributed by atoms with Crippen molar-refractivity contribution in [2.24, 2.45) is 7.05 Å². The third kappa shape index (κ3) is 3.20. The molecule has 4 aromatic heterocycles. The van der Waals surface area contributed by atoms with Crippen molar-refractivity contribution in [2.45, 2.75) is 13.0 Å². The number of carbonyl (C=O) groups excluding carboxylic acids is 1. The number of imidazole rings is 2. The van der Waals surface area contributed by atoms with Crippen molar-refractivity contribution in [3.63, 3.8) is 0 Å². The van der Waals surface area contributed by atoms with E-state index in [1.54, 1.807) is 38.0 Å². The number of hydrogen-bond donors (Lipinski definition) is 4. The molecule has 1 amide bonds. The van der Waals surface area contributed by atoms with Crippen molar-refractivity contribution in [3.05, 3.63) is 35.9 Å². The van der Waals surface area contributed by atoms with E-state index in [1.807, 2.05) is 0 Å². The van der Waals surface area contributed by atoms with Crippen LogP contribution in [-0.4, -0.2) is 53.8 Å². The summed E-state index contributed by atoms with van der Waals surface area (Å²) in [6, 6.07) is 1.20. The van der Waals surface area contributed by atoms with Crippen LogP contribution in [0, 0.1) is 5.41 Å². The summed E-state index contributed by atoms with van der Waals surface area (Å²) in [5, 5.41) is 17.1. The van der Waals surface area contributed by atoms with Gasteiger partial charge in [-0.25, -0.2) is 19.9 Å². The van der Waals surface area contributed by atoms with Crippen LogP contribution in [0.15, 0.2) is 23.2 Å². The fourth-order valence-corrected chi connectivity index (χ4v) is 2.86. The number of H-pyrrole nitrogens is 1. The second-order valence-electron chi connectivity index (χ2n) is 6.30. The van der Waals surface area contributed by atoms with Crippen LogP contribution in [-0.2, 0) is 7.05 Å². The zero-order chi connectivity index (χ0) is 20.5. The molecule has 4 rings (SSSR count). The summed E-state index contributed by atoms with van der Waals surface area (Å²) in [7, 11) is 3.52. The first-order valence-corrected chi connectivity index (χ1v) is 8.70. The molecule has 0 spiro atoms. The Morgan fingerprint density at radius 1 is 1.38 bits per heavy atom. The molecule has 0 radical (unpaired) electrons. The van der Waals surface area contributed by atoms with Crippen LogP contribution in [0.1, 0.15) is 34.9 Å². The minimum atomic E-state index is -0.474. The lowest BCUT2D eigenvalue weighted by atomic mass is 10.2. The maximum Gasteiger partial charge on any atom is 0.272 e. The molecule has 148 valence electrons. The smallest absolute Gasteiger partial charge is 0.272 e. The van der Waals surface area contributed by atoms with Crippen LogP contribution in [0.2, 0.25) is 0 Å². The molecule has 4 aromatic rings. The van der Waals surface area contributed by atoms with E-state index in [-0.39, 0.29) is 5.69 Å². The van der Waals surface area contributed by atoms with Gasteiger partial charge in [0.2, 0.25) is 0 Å². The largest absolute Gasteiger partial charge is 0.373 e. The molecular weight excluding hydrogens is 376 g/mol. The lowest BCUT2D eigenvalue weighted by Crippen LogP contribution is -2.27. The zero-order valence-electron chi connectivity index (χ0n) is 15.9. The number of hydrogen-bond acceptors (Lipinski definition) is 9. The number of aromatic amines is 1. The normalized spacial score (nSPS) is 12.1. The lowest BCUT2D eigenvalue weighted by molar-refractivity contribution is 0.0930. The van der Waals surface area contributed by atoms with Gasteiger partial charge < -0.3 is 30.1 Å². The zero-order valence-corrected chi connectivity index (χ0v) is 15.9. The summed E-state index contributed by atoms with van der Waals surface area (Å²) >= 11 is 0. The van der Waals surface area contributed by atoms with Gasteiger partial charge in [0.1, 0.15) is 29.0 Å². The highest BCUT2D eigenvalue weighted by molar-refractivity contribution is 6.02. The number of anilines is 1. The molecule has 12 heteroatoms. The molecule has 0 aliphatic carbocycles. The third-order valence-corrected chi connectivity index (χ3v) is 4.38. The SMILES string of the molecule is CNc1[nH]c(-c2cc([C@@H](C)NC(=O)c3ncnc4c3ncn4C)on2)nc1C=N. The molecule has 0 saturated carbocycles. The first kappa shape index (κ1) is 18.3. The summed E-state index contributed by atoms with van der Waals surface area (Å²) in [6.07, 6.45) is 4.04. The van der Waals surface area contributed by atoms with Gasteiger partial charge in [0.15, 0.2) is 22.9 Å². The van der Waals surface area contributed by atoms with Gasteiger partial charge in [-0.2, -0.15) is 0 Å². The van der Waals surface area contributed by atoms with Crippen LogP contribution >= 0.6 is 0 Å². The van der Waals surface area contributed by atoms with Crippen molar-refractivity contribution in [1.82, 2.24) is 40.0 Å². The Morgan fingerprint density at radius 2 is 2.21 bits per heavy atom. The van der Waals surface area contributed by atoms with E-state index in [9.17, 15) is 4.79 Å². The lowest BCUT2D eigenvalue weighted by Gasteiger charge is -2.10. The Kier molecular flexibility index (Phi) is 4.50. The molecule has 0 saturated heterocycles. The van der Waals surface area contributed by atoms with E-state index < -0.39 is 11.9 Å². The molecular formula is C17H18N10O2. The molecule has 0 aliphatic heterocycles. The van der Waals surface area contributed by atoms with E-state index in [1.165, 1.54) is 6.33 Å². The van der Waals surface area contributed by atoms with Gasteiger partial charge in [-0.05, 0) is 6.92 Å². The van der Waals surface area contributed by atoms with E-state index in [2.05, 4.69) is 40.7 Å². The molecule has 0 bridgehead atoms. The summed E-state index contributed by atoms with van der Waals surface area (Å²) in [5.41, 5.74) is 2.09. The average Bonchev–Trinajstić information content (AvgIpc) is 3.45. The molecule has 1 atom stereocenters. The first-order valence-electron chi connectivity index (χ1n) is 8.70. The highest BCUT2D eigenvalue weighted by Gasteiger charge is 2.21. The van der Waals surface area contributed by atoms with E-state index in [0.717, 1.165) is 6.21 Å². The van der Waals surface area contributed by atoms with Gasteiger partial charge in [0.05, 0.1) is 12.4 Å². The average molecular weight is 394 g/mol. The fraction of sp³-hybridized carbons (Fsp3) is 0.235. The van der Waals surface area contributed by atoms with Crippen molar-refractivity contribution < 1.29 is 9.32 Å². The van der Waals surface area contributed by atoms with Gasteiger partial charge in [-0.1, -0.05) is 5.16 Å². The summed E-state index contributed by atoms with van der Waals surface area (Å²) in [5.74, 6) is 1.10. The molecule has 0 unspecified atom stereocenters. The van der Waals surface area contributed by atoms with Crippen molar-refractivity contribution in [1.29, 1.82) is 5.41 Å². The third-order valence-electron chi connectivity index (χ3n) is 4.38. The van der Waals surface area contributed by atoms with Gasteiger partial charge in [0, 0.05) is 26.4 Å². The van der Waals surface area contributed by atoms with Crippen LogP contribution < -0.4 is 10.6 Å². The number of nitrogens with one attached hydrogen (secondary N) is 4. The monoisotopic (exact) mass is 394 g/mol. The van der Waals surface area contributed by atoms with E-state index in [0.29, 0.717) is 40.0 Å². The maximum atomic E-state index is 12.7. The Balaban J connectivity index is 1.55. The molecule has 4 N–H and O–H groups in total. The van der Waals surface area contributed by atoms with Crippen molar-refractivity contribution >= 4 is 29.1 Å². The number of carbonyl (C=O) groups is 1. The minimum Gasteiger partial charge on any atom is -0.373 e. The number of aromatic nitrogens is 7. The van der Waals surface area contributed by atoms with Gasteiger partial charge in [-0.3, -0.25) is 4.79 Å². The topological polar surface area (TPSA) is 163 Å². The number of rotatable bonds is 6. The van der Waals surface area contributed by atoms with Crippen molar-refractivity contribution in [2.75, 3.05) is 12.4 Å². The number of aryl methyl sites for hydroxylation is 1. The summed E-state index contributed by atoms with van der Waals surface area (Å²) < 4.78 is 7.08. The van der Waals surface area contributed by atoms with Crippen LogP contribution in [0.5, 0.6) is 0 Å². The highest BCUT2D eigenvalue weighted by atomic mass is 16.5. The molecule has 4 heterocycles. The summed E-state index contributed by atoms with van der Waals surface area (Å²) in [4.78, 5) is 32.4. The second-order valence-corrected chi connectivity index (χ2v) is 6.30. The number of fused-ring (bicyclic) bond motifs is 1. The number of nitrogens with zero attached hydrogens (tertiary/aromatic N) is 6. The van der Waals surface area contributed by atoms with Crippen LogP contribution in [0.25, 0.3) is 22.7 Å². The Labute approximate surface area is 164 Å². The predicted molar refractivity (Wildman–Crippen MR) is 104 cm³/mol. The molecule has 12 nitrogen and oxygen atoms in total. The quantitative estimate of drug-likeness (QED) is 0.355. The Bertz CT molecular complexity index is 1200. The van der Waals surface area contributed by atoms with Gasteiger partial charge in [0.25, 0.3) is 5.91 Å². The van der Waals surface area contributed by atoms with Gasteiger partial charge in [-0.15, -0.1) is 0 Å². The predicted octanol–water partition coefficient (Wildman–Crippen LogP) is 1.27. The van der Waals surface area contributed by atoms with Crippen molar-refractivity contribution in [3.8, 4) is 11.5 Å². The van der Waals surface area contributed by atoms with E-state index >= 15 is 0 Å².